The molecular formula is C10H19N. The molecule has 1 heteroatoms. The summed E-state index contributed by atoms with van der Waals surface area (Å²) in [5, 5.41) is 0. The van der Waals surface area contributed by atoms with Crippen molar-refractivity contribution in [2.75, 3.05) is 13.1 Å². The van der Waals surface area contributed by atoms with E-state index in [2.05, 4.69) is 24.5 Å². The minimum atomic E-state index is 0.797. The second-order valence-electron chi connectivity index (χ2n) is 3.30. The van der Waals surface area contributed by atoms with Gasteiger partial charge in [0.05, 0.1) is 0 Å². The molecule has 1 aliphatic rings. The van der Waals surface area contributed by atoms with Crippen LogP contribution in [0.25, 0.3) is 0 Å². The molecule has 0 saturated carbocycles. The van der Waals surface area contributed by atoms with Gasteiger partial charge in [0.2, 0.25) is 0 Å². The quantitative estimate of drug-likeness (QED) is 0.563. The predicted molar refractivity (Wildman–Crippen MR) is 49.7 cm³/mol. The van der Waals surface area contributed by atoms with Gasteiger partial charge in [0.1, 0.15) is 0 Å². The molecular weight excluding hydrogens is 134 g/mol. The summed E-state index contributed by atoms with van der Waals surface area (Å²) < 4.78 is 0. The molecule has 0 N–H and O–H groups in total. The van der Waals surface area contributed by atoms with E-state index in [9.17, 15) is 0 Å². The highest BCUT2D eigenvalue weighted by Gasteiger charge is 2.18. The molecule has 0 bridgehead atoms. The van der Waals surface area contributed by atoms with Gasteiger partial charge < -0.3 is 4.90 Å². The van der Waals surface area contributed by atoms with Gasteiger partial charge in [0, 0.05) is 6.04 Å². The number of hydrogen-bond donors (Lipinski definition) is 0. The molecule has 0 radical (unpaired) electrons. The molecule has 1 unspecified atom stereocenters. The van der Waals surface area contributed by atoms with Crippen LogP contribution in [0.5, 0.6) is 0 Å². The monoisotopic (exact) mass is 153 g/mol. The van der Waals surface area contributed by atoms with Gasteiger partial charge in [-0.3, -0.25) is 0 Å². The van der Waals surface area contributed by atoms with Crippen LogP contribution in [-0.4, -0.2) is 24.0 Å². The minimum absolute atomic E-state index is 0.797. The Morgan fingerprint density at radius 3 is 3.00 bits per heavy atom. The normalized spacial score (nSPS) is 26.8. The number of rotatable bonds is 3. The van der Waals surface area contributed by atoms with Gasteiger partial charge in [-0.15, -0.1) is 6.58 Å². The fourth-order valence-electron chi connectivity index (χ4n) is 1.94. The lowest BCUT2D eigenvalue weighted by atomic mass is 10.00. The van der Waals surface area contributed by atoms with Gasteiger partial charge in [0.15, 0.2) is 0 Å². The van der Waals surface area contributed by atoms with Crippen LogP contribution in [0.4, 0.5) is 0 Å². The Bertz CT molecular complexity index is 120. The van der Waals surface area contributed by atoms with Crippen molar-refractivity contribution in [3.8, 4) is 0 Å². The Kier molecular flexibility index (Phi) is 3.64. The molecule has 1 saturated heterocycles. The summed E-state index contributed by atoms with van der Waals surface area (Å²) in [6.45, 7) is 8.56. The van der Waals surface area contributed by atoms with Gasteiger partial charge in [-0.1, -0.05) is 19.4 Å². The van der Waals surface area contributed by atoms with Gasteiger partial charge in [0.25, 0.3) is 0 Å². The SMILES string of the molecule is C=CCC1CCCCN1CC. The third-order valence-corrected chi connectivity index (χ3v) is 2.59. The summed E-state index contributed by atoms with van der Waals surface area (Å²) in [4.78, 5) is 2.57. The van der Waals surface area contributed by atoms with Crippen LogP contribution in [0.15, 0.2) is 12.7 Å². The van der Waals surface area contributed by atoms with Crippen LogP contribution in [0.1, 0.15) is 32.6 Å². The van der Waals surface area contributed by atoms with Crippen molar-refractivity contribution in [3.05, 3.63) is 12.7 Å². The molecule has 0 aromatic carbocycles. The van der Waals surface area contributed by atoms with E-state index in [0.29, 0.717) is 0 Å². The lowest BCUT2D eigenvalue weighted by Gasteiger charge is -2.34. The molecule has 1 nitrogen and oxygen atoms in total. The molecule has 11 heavy (non-hydrogen) atoms. The summed E-state index contributed by atoms with van der Waals surface area (Å²) >= 11 is 0. The van der Waals surface area contributed by atoms with Gasteiger partial charge >= 0.3 is 0 Å². The Hall–Kier alpha value is -0.300. The van der Waals surface area contributed by atoms with E-state index in [0.717, 1.165) is 6.04 Å². The summed E-state index contributed by atoms with van der Waals surface area (Å²) in [7, 11) is 0. The Morgan fingerprint density at radius 1 is 1.55 bits per heavy atom. The number of hydrogen-bond acceptors (Lipinski definition) is 1. The highest BCUT2D eigenvalue weighted by atomic mass is 15.2. The van der Waals surface area contributed by atoms with Crippen LogP contribution < -0.4 is 0 Å². The van der Waals surface area contributed by atoms with E-state index >= 15 is 0 Å². The van der Waals surface area contributed by atoms with Crippen molar-refractivity contribution in [1.29, 1.82) is 0 Å². The van der Waals surface area contributed by atoms with E-state index in [-0.39, 0.29) is 0 Å². The molecule has 1 aliphatic heterocycles. The predicted octanol–water partition coefficient (Wildman–Crippen LogP) is 2.44. The summed E-state index contributed by atoms with van der Waals surface area (Å²) in [5.41, 5.74) is 0. The van der Waals surface area contributed by atoms with E-state index in [4.69, 9.17) is 0 Å². The first kappa shape index (κ1) is 8.79. The lowest BCUT2D eigenvalue weighted by molar-refractivity contribution is 0.157. The van der Waals surface area contributed by atoms with Gasteiger partial charge in [-0.25, -0.2) is 0 Å². The zero-order valence-electron chi connectivity index (χ0n) is 7.55. The molecule has 0 aromatic heterocycles. The van der Waals surface area contributed by atoms with E-state index in [1.54, 1.807) is 0 Å². The molecule has 0 aliphatic carbocycles. The third-order valence-electron chi connectivity index (χ3n) is 2.59. The molecule has 1 fully saturated rings. The fourth-order valence-corrected chi connectivity index (χ4v) is 1.94. The van der Waals surface area contributed by atoms with Gasteiger partial charge in [-0.2, -0.15) is 0 Å². The first-order chi connectivity index (χ1) is 5.38. The van der Waals surface area contributed by atoms with Crippen LogP contribution in [0, 0.1) is 0 Å². The standard InChI is InChI=1S/C10H19N/c1-3-7-10-8-5-6-9-11(10)4-2/h3,10H,1,4-9H2,2H3. The average molecular weight is 153 g/mol. The fraction of sp³-hybridized carbons (Fsp3) is 0.800. The number of likely N-dealkylation sites (tertiary alicyclic amines) is 1. The van der Waals surface area contributed by atoms with Crippen molar-refractivity contribution < 1.29 is 0 Å². The maximum absolute atomic E-state index is 3.80. The first-order valence-electron chi connectivity index (χ1n) is 4.73. The Balaban J connectivity index is 2.37. The number of piperidine rings is 1. The first-order valence-corrected chi connectivity index (χ1v) is 4.73. The summed E-state index contributed by atoms with van der Waals surface area (Å²) in [6.07, 6.45) is 7.41. The van der Waals surface area contributed by atoms with Crippen molar-refractivity contribution in [3.63, 3.8) is 0 Å². The van der Waals surface area contributed by atoms with E-state index in [1.165, 1.54) is 38.8 Å². The largest absolute Gasteiger partial charge is 0.300 e. The molecule has 64 valence electrons. The second-order valence-corrected chi connectivity index (χ2v) is 3.30. The highest BCUT2D eigenvalue weighted by molar-refractivity contribution is 4.82. The van der Waals surface area contributed by atoms with Crippen molar-refractivity contribution in [2.45, 2.75) is 38.6 Å². The number of nitrogens with zero attached hydrogens (tertiary/aromatic N) is 1. The van der Waals surface area contributed by atoms with Crippen molar-refractivity contribution in [1.82, 2.24) is 4.90 Å². The minimum Gasteiger partial charge on any atom is -0.300 e. The Morgan fingerprint density at radius 2 is 2.36 bits per heavy atom. The van der Waals surface area contributed by atoms with Gasteiger partial charge in [-0.05, 0) is 32.4 Å². The van der Waals surface area contributed by atoms with E-state index < -0.39 is 0 Å². The summed E-state index contributed by atoms with van der Waals surface area (Å²) in [5.74, 6) is 0. The van der Waals surface area contributed by atoms with Crippen molar-refractivity contribution >= 4 is 0 Å². The topological polar surface area (TPSA) is 3.24 Å². The molecule has 0 amide bonds. The lowest BCUT2D eigenvalue weighted by Crippen LogP contribution is -2.38. The van der Waals surface area contributed by atoms with E-state index in [1.807, 2.05) is 0 Å². The highest BCUT2D eigenvalue weighted by Crippen LogP contribution is 2.18. The molecule has 1 atom stereocenters. The third kappa shape index (κ3) is 2.33. The molecule has 0 spiro atoms. The van der Waals surface area contributed by atoms with Crippen LogP contribution in [0.3, 0.4) is 0 Å². The molecule has 1 heterocycles. The zero-order valence-corrected chi connectivity index (χ0v) is 7.55. The average Bonchev–Trinajstić information content (AvgIpc) is 2.06. The molecule has 0 aromatic rings. The molecule has 1 rings (SSSR count). The zero-order chi connectivity index (χ0) is 8.10. The maximum Gasteiger partial charge on any atom is 0.0129 e. The maximum atomic E-state index is 3.80. The van der Waals surface area contributed by atoms with Crippen LogP contribution >= 0.6 is 0 Å². The van der Waals surface area contributed by atoms with Crippen molar-refractivity contribution in [2.24, 2.45) is 0 Å². The second kappa shape index (κ2) is 4.55. The van der Waals surface area contributed by atoms with Crippen LogP contribution in [0.2, 0.25) is 0 Å². The van der Waals surface area contributed by atoms with Crippen LogP contribution in [-0.2, 0) is 0 Å². The Labute approximate surface area is 70.1 Å². The summed E-state index contributed by atoms with van der Waals surface area (Å²) in [6, 6.07) is 0.797. The smallest absolute Gasteiger partial charge is 0.0129 e.